The predicted octanol–water partition coefficient (Wildman–Crippen LogP) is 2.54. The summed E-state index contributed by atoms with van der Waals surface area (Å²) < 4.78 is 19.3. The van der Waals surface area contributed by atoms with Gasteiger partial charge in [-0.3, -0.25) is 4.57 Å². The maximum atomic E-state index is 12.1. The molecule has 0 aromatic carbocycles. The van der Waals surface area contributed by atoms with Crippen molar-refractivity contribution in [3.8, 4) is 0 Å². The minimum absolute atomic E-state index is 0. The van der Waals surface area contributed by atoms with E-state index < -0.39 is 7.52 Å². The van der Waals surface area contributed by atoms with Gasteiger partial charge in [0.1, 0.15) is 0 Å². The summed E-state index contributed by atoms with van der Waals surface area (Å²) in [7, 11) is -2.62. The van der Waals surface area contributed by atoms with Crippen LogP contribution in [0.15, 0.2) is 0 Å². The average Bonchev–Trinajstić information content (AvgIpc) is 2.10. The van der Waals surface area contributed by atoms with Crippen LogP contribution in [-0.4, -0.2) is 42.3 Å². The molecule has 7 heteroatoms. The summed E-state index contributed by atoms with van der Waals surface area (Å²) in [6.07, 6.45) is 1.34. The van der Waals surface area contributed by atoms with E-state index in [0.29, 0.717) is 31.1 Å². The van der Waals surface area contributed by atoms with E-state index in [-0.39, 0.29) is 6.15 Å². The molecule has 0 aromatic rings. The Balaban J connectivity index is 0.00000169. The number of rotatable bonds is 4. The lowest BCUT2D eigenvalue weighted by Gasteiger charge is -2.34. The van der Waals surface area contributed by atoms with E-state index in [1.807, 2.05) is 4.67 Å². The van der Waals surface area contributed by atoms with Crippen molar-refractivity contribution in [3.05, 3.63) is 0 Å². The van der Waals surface area contributed by atoms with Gasteiger partial charge in [-0.1, -0.05) is 0 Å². The van der Waals surface area contributed by atoms with E-state index in [4.69, 9.17) is 27.7 Å². The Morgan fingerprint density at radius 2 is 2.07 bits per heavy atom. The highest BCUT2D eigenvalue weighted by Crippen LogP contribution is 2.52. The Hall–Kier alpha value is 0.690. The maximum absolute atomic E-state index is 12.1. The van der Waals surface area contributed by atoms with Crippen LogP contribution in [0, 0.1) is 0 Å². The fourth-order valence-electron chi connectivity index (χ4n) is 1.36. The number of hydrogen-bond acceptors (Lipinski definition) is 3. The quantitative estimate of drug-likeness (QED) is 0.625. The van der Waals surface area contributed by atoms with E-state index in [9.17, 15) is 4.57 Å². The molecule has 1 atom stereocenters. The highest BCUT2D eigenvalue weighted by molar-refractivity contribution is 7.56. The van der Waals surface area contributed by atoms with Crippen LogP contribution in [0.5, 0.6) is 0 Å². The summed E-state index contributed by atoms with van der Waals surface area (Å²) in [6.45, 7) is 2.00. The van der Waals surface area contributed by atoms with Crippen molar-refractivity contribution in [2.45, 2.75) is 6.42 Å². The van der Waals surface area contributed by atoms with Crippen LogP contribution in [-0.2, 0) is 9.09 Å². The molecule has 0 aliphatic carbocycles. The molecule has 1 aliphatic rings. The second-order valence-electron chi connectivity index (χ2n) is 2.88. The van der Waals surface area contributed by atoms with Gasteiger partial charge in [0, 0.05) is 24.8 Å². The zero-order valence-electron chi connectivity index (χ0n) is 8.12. The molecule has 0 radical (unpaired) electrons. The molecule has 0 aromatic heterocycles. The Bertz CT molecular complexity index is 198. The first-order chi connectivity index (χ1) is 6.23. The summed E-state index contributed by atoms with van der Waals surface area (Å²) in [6, 6.07) is 0. The van der Waals surface area contributed by atoms with Gasteiger partial charge >= 0.3 is 0 Å². The van der Waals surface area contributed by atoms with Gasteiger partial charge in [0.25, 0.3) is 7.52 Å². The number of alkyl halides is 2. The van der Waals surface area contributed by atoms with Crippen molar-refractivity contribution in [2.24, 2.45) is 0 Å². The standard InChI is InChI=1S/C7H14Cl2NO2P.H3N/c8-2-5-10-4-1-6-12-13(10,11)7-3-9;/h1-7H2;1H3. The second kappa shape index (κ2) is 7.04. The molecule has 0 spiro atoms. The number of halogens is 2. The van der Waals surface area contributed by atoms with Crippen LogP contribution in [0.4, 0.5) is 0 Å². The Morgan fingerprint density at radius 1 is 1.36 bits per heavy atom. The normalized spacial score (nSPS) is 28.4. The van der Waals surface area contributed by atoms with Crippen LogP contribution in [0.25, 0.3) is 0 Å². The van der Waals surface area contributed by atoms with Gasteiger partial charge in [0.15, 0.2) is 0 Å². The third-order valence-electron chi connectivity index (χ3n) is 1.99. The van der Waals surface area contributed by atoms with E-state index in [0.717, 1.165) is 13.0 Å². The summed E-state index contributed by atoms with van der Waals surface area (Å²) >= 11 is 11.2. The minimum atomic E-state index is -2.62. The first kappa shape index (κ1) is 14.7. The Kier molecular flexibility index (Phi) is 7.39. The molecule has 1 rings (SSSR count). The highest BCUT2D eigenvalue weighted by Gasteiger charge is 2.33. The van der Waals surface area contributed by atoms with Crippen LogP contribution in [0.1, 0.15) is 6.42 Å². The SMILES string of the molecule is N.O=P1(CCCl)OCCCN1CCCl. The molecular formula is C7H17Cl2N2O2P. The molecule has 4 nitrogen and oxygen atoms in total. The van der Waals surface area contributed by atoms with Crippen molar-refractivity contribution in [2.75, 3.05) is 37.6 Å². The van der Waals surface area contributed by atoms with Crippen molar-refractivity contribution < 1.29 is 9.09 Å². The van der Waals surface area contributed by atoms with Gasteiger partial charge in [0.05, 0.1) is 12.8 Å². The van der Waals surface area contributed by atoms with Crippen molar-refractivity contribution in [1.82, 2.24) is 10.8 Å². The van der Waals surface area contributed by atoms with Gasteiger partial charge in [-0.15, -0.1) is 23.2 Å². The first-order valence-corrected chi connectivity index (χ1v) is 7.17. The summed E-state index contributed by atoms with van der Waals surface area (Å²) in [5, 5.41) is 0. The zero-order valence-corrected chi connectivity index (χ0v) is 10.5. The summed E-state index contributed by atoms with van der Waals surface area (Å²) in [5.74, 6) is 0.853. The fraction of sp³-hybridized carbons (Fsp3) is 1.00. The second-order valence-corrected chi connectivity index (χ2v) is 6.18. The third kappa shape index (κ3) is 3.69. The van der Waals surface area contributed by atoms with Gasteiger partial charge in [0.2, 0.25) is 0 Å². The van der Waals surface area contributed by atoms with Gasteiger partial charge in [-0.25, -0.2) is 4.67 Å². The van der Waals surface area contributed by atoms with E-state index in [1.54, 1.807) is 0 Å². The van der Waals surface area contributed by atoms with Crippen molar-refractivity contribution in [3.63, 3.8) is 0 Å². The maximum Gasteiger partial charge on any atom is 0.273 e. The summed E-state index contributed by atoms with van der Waals surface area (Å²) in [4.78, 5) is 0. The number of nitrogens with zero attached hydrogens (tertiary/aromatic N) is 1. The van der Waals surface area contributed by atoms with Crippen LogP contribution < -0.4 is 6.15 Å². The highest BCUT2D eigenvalue weighted by atomic mass is 35.5. The lowest BCUT2D eigenvalue weighted by molar-refractivity contribution is 0.211. The molecule has 86 valence electrons. The molecule has 1 heterocycles. The molecule has 14 heavy (non-hydrogen) atoms. The molecule has 0 amide bonds. The molecule has 3 N–H and O–H groups in total. The average molecular weight is 263 g/mol. The largest absolute Gasteiger partial charge is 0.344 e. The monoisotopic (exact) mass is 262 g/mol. The molecular weight excluding hydrogens is 246 g/mol. The fourth-order valence-corrected chi connectivity index (χ4v) is 4.38. The third-order valence-corrected chi connectivity index (χ3v) is 5.25. The zero-order chi connectivity index (χ0) is 9.73. The first-order valence-electron chi connectivity index (χ1n) is 4.34. The van der Waals surface area contributed by atoms with Crippen LogP contribution >= 0.6 is 30.7 Å². The van der Waals surface area contributed by atoms with Gasteiger partial charge < -0.3 is 10.7 Å². The molecule has 1 aliphatic heterocycles. The predicted molar refractivity (Wildman–Crippen MR) is 61.1 cm³/mol. The van der Waals surface area contributed by atoms with E-state index >= 15 is 0 Å². The van der Waals surface area contributed by atoms with Crippen LogP contribution in [0.3, 0.4) is 0 Å². The molecule has 1 unspecified atom stereocenters. The van der Waals surface area contributed by atoms with Crippen molar-refractivity contribution >= 4 is 30.7 Å². The smallest absolute Gasteiger partial charge is 0.273 e. The van der Waals surface area contributed by atoms with Crippen molar-refractivity contribution in [1.29, 1.82) is 0 Å². The van der Waals surface area contributed by atoms with Gasteiger partial charge in [-0.2, -0.15) is 0 Å². The lowest BCUT2D eigenvalue weighted by atomic mass is 10.4. The van der Waals surface area contributed by atoms with Gasteiger partial charge in [-0.05, 0) is 6.42 Å². The molecule has 0 saturated carbocycles. The lowest BCUT2D eigenvalue weighted by Crippen LogP contribution is -2.31. The topological polar surface area (TPSA) is 64.5 Å². The number of hydrogen-bond donors (Lipinski definition) is 1. The van der Waals surface area contributed by atoms with E-state index in [1.165, 1.54) is 0 Å². The molecule has 0 bridgehead atoms. The minimum Gasteiger partial charge on any atom is -0.344 e. The van der Waals surface area contributed by atoms with Crippen LogP contribution in [0.2, 0.25) is 0 Å². The Morgan fingerprint density at radius 3 is 2.64 bits per heavy atom. The molecule has 1 fully saturated rings. The Labute approximate surface area is 95.0 Å². The summed E-state index contributed by atoms with van der Waals surface area (Å²) in [5.41, 5.74) is 0. The van der Waals surface area contributed by atoms with E-state index in [2.05, 4.69) is 0 Å². The molecule has 1 saturated heterocycles.